The van der Waals surface area contributed by atoms with Crippen LogP contribution in [-0.4, -0.2) is 41.5 Å². The highest BCUT2D eigenvalue weighted by molar-refractivity contribution is 14.1. The quantitative estimate of drug-likeness (QED) is 0.243. The number of ether oxygens (including phenoxy) is 1. The summed E-state index contributed by atoms with van der Waals surface area (Å²) in [5, 5.41) is 2.83. The van der Waals surface area contributed by atoms with Gasteiger partial charge in [0.05, 0.1) is 24.8 Å². The number of amides is 2. The molecule has 2 amide bonds. The lowest BCUT2D eigenvalue weighted by Crippen LogP contribution is -2.39. The normalized spacial score (nSPS) is 15.7. The van der Waals surface area contributed by atoms with Gasteiger partial charge in [-0.15, -0.1) is 0 Å². The van der Waals surface area contributed by atoms with Gasteiger partial charge < -0.3 is 15.0 Å². The summed E-state index contributed by atoms with van der Waals surface area (Å²) in [6.45, 7) is 0.286. The zero-order valence-corrected chi connectivity index (χ0v) is 23.1. The van der Waals surface area contributed by atoms with E-state index in [1.807, 2.05) is 36.4 Å². The van der Waals surface area contributed by atoms with Crippen LogP contribution in [0.15, 0.2) is 72.8 Å². The summed E-state index contributed by atoms with van der Waals surface area (Å²) in [4.78, 5) is 29.1. The number of halogens is 4. The van der Waals surface area contributed by atoms with Crippen molar-refractivity contribution in [2.45, 2.75) is 25.1 Å². The number of alkyl halides is 3. The van der Waals surface area contributed by atoms with Gasteiger partial charge in [0.15, 0.2) is 5.11 Å². The summed E-state index contributed by atoms with van der Waals surface area (Å²) < 4.78 is 46.3. The van der Waals surface area contributed by atoms with E-state index in [4.69, 9.17) is 17.0 Å². The van der Waals surface area contributed by atoms with Crippen LogP contribution >= 0.6 is 34.8 Å². The van der Waals surface area contributed by atoms with Gasteiger partial charge in [-0.3, -0.25) is 14.5 Å². The van der Waals surface area contributed by atoms with Crippen LogP contribution in [0.4, 0.5) is 24.5 Å². The first-order valence-electron chi connectivity index (χ1n) is 11.6. The number of nitrogens with zero attached hydrogens (tertiary/aromatic N) is 2. The number of methoxy groups -OCH3 is 1. The van der Waals surface area contributed by atoms with Gasteiger partial charge in [-0.25, -0.2) is 0 Å². The van der Waals surface area contributed by atoms with E-state index in [-0.39, 0.29) is 23.8 Å². The number of thiocarbonyl (C=S) groups is 1. The number of hydrogen-bond donors (Lipinski definition) is 1. The van der Waals surface area contributed by atoms with Crippen molar-refractivity contribution < 1.29 is 27.5 Å². The summed E-state index contributed by atoms with van der Waals surface area (Å²) in [6.07, 6.45) is -4.31. The third kappa shape index (κ3) is 6.44. The van der Waals surface area contributed by atoms with E-state index in [2.05, 4.69) is 27.9 Å². The Morgan fingerprint density at radius 3 is 2.39 bits per heavy atom. The van der Waals surface area contributed by atoms with Crippen molar-refractivity contribution in [3.63, 3.8) is 0 Å². The number of nitrogens with one attached hydrogen (secondary N) is 1. The molecule has 1 fully saturated rings. The minimum absolute atomic E-state index is 0.00446. The highest BCUT2D eigenvalue weighted by Gasteiger charge is 2.44. The van der Waals surface area contributed by atoms with Crippen LogP contribution in [0.3, 0.4) is 0 Å². The molecule has 3 aromatic rings. The zero-order chi connectivity index (χ0) is 27.4. The van der Waals surface area contributed by atoms with Crippen molar-refractivity contribution in [1.82, 2.24) is 4.90 Å². The predicted molar refractivity (Wildman–Crippen MR) is 151 cm³/mol. The minimum Gasteiger partial charge on any atom is -0.497 e. The third-order valence-corrected chi connectivity index (χ3v) is 7.19. The molecule has 0 radical (unpaired) electrons. The number of carbonyl (C=O) groups is 2. The first kappa shape index (κ1) is 27.8. The topological polar surface area (TPSA) is 61.9 Å². The van der Waals surface area contributed by atoms with Crippen molar-refractivity contribution in [2.75, 3.05) is 23.9 Å². The summed E-state index contributed by atoms with van der Waals surface area (Å²) in [5.41, 5.74) is 0.628. The molecule has 0 spiro atoms. The average Bonchev–Trinajstić information content (AvgIpc) is 3.12. The zero-order valence-electron chi connectivity index (χ0n) is 20.2. The molecule has 1 unspecified atom stereocenters. The summed E-state index contributed by atoms with van der Waals surface area (Å²) in [7, 11) is 1.57. The molecule has 6 nitrogen and oxygen atoms in total. The van der Waals surface area contributed by atoms with Crippen molar-refractivity contribution in [2.24, 2.45) is 0 Å². The lowest BCUT2D eigenvalue weighted by molar-refractivity contribution is -0.137. The fourth-order valence-corrected chi connectivity index (χ4v) is 4.88. The number of carbonyl (C=O) groups excluding carboxylic acids is 2. The first-order valence-corrected chi connectivity index (χ1v) is 13.1. The van der Waals surface area contributed by atoms with Crippen LogP contribution in [0, 0.1) is 3.57 Å². The molecule has 0 bridgehead atoms. The molecular formula is C27H23F3IN3O3S. The molecule has 1 atom stereocenters. The average molecular weight is 653 g/mol. The smallest absolute Gasteiger partial charge is 0.416 e. The number of hydrogen-bond acceptors (Lipinski definition) is 4. The first-order chi connectivity index (χ1) is 18.1. The Balaban J connectivity index is 1.59. The Morgan fingerprint density at radius 2 is 1.76 bits per heavy atom. The molecule has 1 N–H and O–H groups in total. The van der Waals surface area contributed by atoms with Gasteiger partial charge in [0.1, 0.15) is 11.8 Å². The van der Waals surface area contributed by atoms with Gasteiger partial charge in [-0.2, -0.15) is 13.2 Å². The maximum absolute atomic E-state index is 13.5. The van der Waals surface area contributed by atoms with E-state index in [1.54, 1.807) is 24.1 Å². The molecule has 0 aliphatic carbocycles. The Kier molecular flexibility index (Phi) is 8.56. The second-order valence-corrected chi connectivity index (χ2v) is 10.2. The monoisotopic (exact) mass is 653 g/mol. The molecule has 198 valence electrons. The molecule has 1 heterocycles. The Labute approximate surface area is 236 Å². The standard InChI is InChI=1S/C27H23F3IN3O3S/c1-37-22-11-5-17(6-12-22)13-14-33-23(16-24(35)32-20-9-7-19(31)8-10-20)25(36)34(26(33)38)21-4-2-3-18(15-21)27(28,29)30/h2-12,15,23H,13-14,16H2,1H3,(H,32,35). The number of rotatable bonds is 8. The van der Waals surface area contributed by atoms with Gasteiger partial charge in [0.2, 0.25) is 5.91 Å². The molecule has 0 saturated carbocycles. The molecule has 4 rings (SSSR count). The van der Waals surface area contributed by atoms with Crippen molar-refractivity contribution in [1.29, 1.82) is 0 Å². The Bertz CT molecular complexity index is 1330. The maximum atomic E-state index is 13.5. The van der Waals surface area contributed by atoms with Crippen LogP contribution in [0.2, 0.25) is 0 Å². The summed E-state index contributed by atoms with van der Waals surface area (Å²) in [5.74, 6) is -0.268. The molecule has 11 heteroatoms. The highest BCUT2D eigenvalue weighted by atomic mass is 127. The van der Waals surface area contributed by atoms with Crippen LogP contribution in [0.25, 0.3) is 0 Å². The van der Waals surface area contributed by atoms with Crippen molar-refractivity contribution in [3.05, 3.63) is 87.5 Å². The molecule has 1 aliphatic rings. The van der Waals surface area contributed by atoms with Crippen LogP contribution in [-0.2, 0) is 22.2 Å². The number of anilines is 2. The second kappa shape index (κ2) is 11.7. The predicted octanol–water partition coefficient (Wildman–Crippen LogP) is 5.89. The van der Waals surface area contributed by atoms with Gasteiger partial charge >= 0.3 is 6.18 Å². The molecule has 3 aromatic carbocycles. The third-order valence-electron chi connectivity index (χ3n) is 6.06. The molecule has 38 heavy (non-hydrogen) atoms. The Hall–Kier alpha value is -3.19. The number of benzene rings is 3. The fraction of sp³-hybridized carbons (Fsp3) is 0.222. The van der Waals surface area contributed by atoms with E-state index >= 15 is 0 Å². The molecular weight excluding hydrogens is 630 g/mol. The van der Waals surface area contributed by atoms with E-state index in [0.717, 1.165) is 26.2 Å². The van der Waals surface area contributed by atoms with Crippen LogP contribution in [0.5, 0.6) is 5.75 Å². The second-order valence-electron chi connectivity index (χ2n) is 8.57. The Morgan fingerprint density at radius 1 is 1.08 bits per heavy atom. The SMILES string of the molecule is COc1ccc(CCN2C(=S)N(c3cccc(C(F)(F)F)c3)C(=O)C2CC(=O)Nc2ccc(I)cc2)cc1. The van der Waals surface area contributed by atoms with Crippen molar-refractivity contribution >= 4 is 63.1 Å². The summed E-state index contributed by atoms with van der Waals surface area (Å²) in [6, 6.07) is 18.0. The lowest BCUT2D eigenvalue weighted by atomic mass is 10.1. The van der Waals surface area contributed by atoms with E-state index in [1.165, 1.54) is 12.1 Å². The lowest BCUT2D eigenvalue weighted by Gasteiger charge is -2.24. The largest absolute Gasteiger partial charge is 0.497 e. The van der Waals surface area contributed by atoms with E-state index in [0.29, 0.717) is 17.9 Å². The highest BCUT2D eigenvalue weighted by Crippen LogP contribution is 2.34. The van der Waals surface area contributed by atoms with Gasteiger partial charge in [0.25, 0.3) is 5.91 Å². The molecule has 1 aliphatic heterocycles. The fourth-order valence-electron chi connectivity index (χ4n) is 4.11. The maximum Gasteiger partial charge on any atom is 0.416 e. The van der Waals surface area contributed by atoms with E-state index in [9.17, 15) is 22.8 Å². The summed E-state index contributed by atoms with van der Waals surface area (Å²) >= 11 is 7.73. The molecule has 0 aromatic heterocycles. The van der Waals surface area contributed by atoms with Gasteiger partial charge in [-0.1, -0.05) is 18.2 Å². The minimum atomic E-state index is -4.58. The van der Waals surface area contributed by atoms with Crippen LogP contribution < -0.4 is 15.0 Å². The van der Waals surface area contributed by atoms with Crippen molar-refractivity contribution in [3.8, 4) is 5.75 Å². The van der Waals surface area contributed by atoms with Crippen LogP contribution in [0.1, 0.15) is 17.5 Å². The van der Waals surface area contributed by atoms with Gasteiger partial charge in [0, 0.05) is 15.8 Å². The molecule has 1 saturated heterocycles. The van der Waals surface area contributed by atoms with E-state index < -0.39 is 29.6 Å². The van der Waals surface area contributed by atoms with Gasteiger partial charge in [-0.05, 0) is 101 Å².